The first-order valence-electron chi connectivity index (χ1n) is 13.0. The number of rotatable bonds is 8. The first-order valence-corrected chi connectivity index (χ1v) is 13.8. The van der Waals surface area contributed by atoms with Gasteiger partial charge in [-0.15, -0.1) is 11.3 Å². The Balaban J connectivity index is 1.71. The molecule has 1 fully saturated rings. The van der Waals surface area contributed by atoms with Gasteiger partial charge in [-0.25, -0.2) is 19.1 Å². The van der Waals surface area contributed by atoms with Gasteiger partial charge in [0.25, 0.3) is 5.56 Å². The number of carbonyl (C=O) groups is 1. The summed E-state index contributed by atoms with van der Waals surface area (Å²) in [6, 6.07) is 9.77. The molecule has 3 aromatic heterocycles. The van der Waals surface area contributed by atoms with Crippen LogP contribution >= 0.6 is 11.3 Å². The molecule has 0 radical (unpaired) electrons. The van der Waals surface area contributed by atoms with Crippen molar-refractivity contribution in [1.82, 2.24) is 14.1 Å². The Labute approximate surface area is 228 Å². The van der Waals surface area contributed by atoms with E-state index in [9.17, 15) is 19.5 Å². The Hall–Kier alpha value is -3.54. The molecule has 5 rings (SSSR count). The first kappa shape index (κ1) is 27.0. The Morgan fingerprint density at radius 1 is 1.23 bits per heavy atom. The maximum atomic E-state index is 14.0. The van der Waals surface area contributed by atoms with Crippen LogP contribution in [0.25, 0.3) is 21.0 Å². The van der Waals surface area contributed by atoms with Gasteiger partial charge in [0.15, 0.2) is 0 Å². The topological polar surface area (TPSA) is 143 Å². The molecule has 0 unspecified atom stereocenters. The summed E-state index contributed by atoms with van der Waals surface area (Å²) >= 11 is 1.22. The smallest absolute Gasteiger partial charge is 0.333 e. The standard InChI is InChI=1S/C28H32N4O6S/c1-16-21-24(33)32(28(2,3)26(34)35)27(36)31(25(21)39-22(16)23-30-13-14-37-23)15-20(17-7-5-4-6-8-17)38-19-11-9-18(29)10-12-19/h4-8,13-14,18-20H,9-12,15,29H2,1-3H3,(H,34,35)/t18?,19?,20-/m1/s1. The molecule has 0 amide bonds. The molecule has 1 aromatic carbocycles. The Bertz CT molecular complexity index is 1590. The number of carboxylic acids is 1. The maximum Gasteiger partial charge on any atom is 0.333 e. The van der Waals surface area contributed by atoms with Crippen LogP contribution < -0.4 is 17.0 Å². The van der Waals surface area contributed by atoms with Crippen LogP contribution in [0.2, 0.25) is 0 Å². The highest BCUT2D eigenvalue weighted by Gasteiger charge is 2.36. The zero-order chi connectivity index (χ0) is 27.9. The minimum atomic E-state index is -1.79. The monoisotopic (exact) mass is 552 g/mol. The molecule has 1 saturated carbocycles. The highest BCUT2D eigenvalue weighted by atomic mass is 32.1. The van der Waals surface area contributed by atoms with Crippen LogP contribution in [0.3, 0.4) is 0 Å². The number of oxazole rings is 1. The van der Waals surface area contributed by atoms with Crippen molar-refractivity contribution in [2.24, 2.45) is 5.73 Å². The SMILES string of the molecule is Cc1c(-c2ncco2)sc2c1c(=O)n(C(C)(C)C(=O)O)c(=O)n2C[C@@H](OC1CCC(N)CC1)c1ccccc1. The second-order valence-corrected chi connectivity index (χ2v) is 11.5. The number of aliphatic carboxylic acids is 1. The van der Waals surface area contributed by atoms with Crippen molar-refractivity contribution < 1.29 is 19.1 Å². The van der Waals surface area contributed by atoms with Gasteiger partial charge < -0.3 is 20.0 Å². The largest absolute Gasteiger partial charge is 0.480 e. The normalized spacial score (nSPS) is 18.9. The van der Waals surface area contributed by atoms with Gasteiger partial charge in [0, 0.05) is 6.04 Å². The lowest BCUT2D eigenvalue weighted by atomic mass is 9.93. The third-order valence-electron chi connectivity index (χ3n) is 7.52. The molecule has 39 heavy (non-hydrogen) atoms. The summed E-state index contributed by atoms with van der Waals surface area (Å²) in [6.07, 6.45) is 5.74. The van der Waals surface area contributed by atoms with E-state index >= 15 is 0 Å². The highest BCUT2D eigenvalue weighted by molar-refractivity contribution is 7.22. The van der Waals surface area contributed by atoms with Crippen molar-refractivity contribution in [2.45, 2.75) is 76.8 Å². The number of aryl methyl sites for hydroxylation is 1. The summed E-state index contributed by atoms with van der Waals surface area (Å²) in [5.74, 6) is -0.964. The molecule has 1 aliphatic rings. The average molecular weight is 553 g/mol. The predicted molar refractivity (Wildman–Crippen MR) is 148 cm³/mol. The van der Waals surface area contributed by atoms with Gasteiger partial charge in [0.2, 0.25) is 5.89 Å². The number of carboxylic acid groups (broad SMARTS) is 1. The number of fused-ring (bicyclic) bond motifs is 1. The van der Waals surface area contributed by atoms with Gasteiger partial charge in [-0.3, -0.25) is 9.36 Å². The van der Waals surface area contributed by atoms with Crippen LogP contribution in [0.15, 0.2) is 56.8 Å². The van der Waals surface area contributed by atoms with Gasteiger partial charge in [-0.1, -0.05) is 30.3 Å². The molecule has 11 heteroatoms. The van der Waals surface area contributed by atoms with Crippen LogP contribution in [-0.4, -0.2) is 37.3 Å². The van der Waals surface area contributed by atoms with Gasteiger partial charge in [0.1, 0.15) is 22.7 Å². The van der Waals surface area contributed by atoms with E-state index in [0.717, 1.165) is 35.8 Å². The fourth-order valence-corrected chi connectivity index (χ4v) is 6.40. The number of nitrogens with zero attached hydrogens (tertiary/aromatic N) is 3. The second kappa shape index (κ2) is 10.6. The Kier molecular flexibility index (Phi) is 7.32. The molecule has 1 atom stereocenters. The second-order valence-electron chi connectivity index (χ2n) is 10.5. The number of thiophene rings is 1. The van der Waals surface area contributed by atoms with E-state index < -0.39 is 28.9 Å². The van der Waals surface area contributed by atoms with E-state index in [4.69, 9.17) is 14.9 Å². The van der Waals surface area contributed by atoms with Crippen molar-refractivity contribution in [3.8, 4) is 10.8 Å². The number of hydrogen-bond donors (Lipinski definition) is 2. The molecule has 3 N–H and O–H groups in total. The molecule has 3 heterocycles. The molecule has 0 spiro atoms. The summed E-state index contributed by atoms with van der Waals surface area (Å²) < 4.78 is 14.4. The van der Waals surface area contributed by atoms with E-state index in [1.807, 2.05) is 30.3 Å². The summed E-state index contributed by atoms with van der Waals surface area (Å²) in [7, 11) is 0. The van der Waals surface area contributed by atoms with Crippen LogP contribution in [0.1, 0.15) is 56.8 Å². The van der Waals surface area contributed by atoms with Crippen molar-refractivity contribution in [3.63, 3.8) is 0 Å². The average Bonchev–Trinajstić information content (AvgIpc) is 3.55. The van der Waals surface area contributed by atoms with E-state index in [0.29, 0.717) is 21.2 Å². The predicted octanol–water partition coefficient (Wildman–Crippen LogP) is 4.04. The van der Waals surface area contributed by atoms with Gasteiger partial charge in [-0.2, -0.15) is 0 Å². The molecule has 206 valence electrons. The van der Waals surface area contributed by atoms with Crippen LogP contribution in [-0.2, 0) is 21.6 Å². The summed E-state index contributed by atoms with van der Waals surface area (Å²) in [5.41, 5.74) is 4.39. The quantitative estimate of drug-likeness (QED) is 0.334. The van der Waals surface area contributed by atoms with E-state index in [2.05, 4.69) is 4.98 Å². The van der Waals surface area contributed by atoms with E-state index in [1.165, 1.54) is 42.2 Å². The van der Waals surface area contributed by atoms with E-state index in [-0.39, 0.29) is 24.1 Å². The molecular formula is C28H32N4O6S. The van der Waals surface area contributed by atoms with E-state index in [1.54, 1.807) is 6.92 Å². The molecule has 10 nitrogen and oxygen atoms in total. The Morgan fingerprint density at radius 2 is 1.92 bits per heavy atom. The van der Waals surface area contributed by atoms with Crippen LogP contribution in [0.5, 0.6) is 0 Å². The molecule has 4 aromatic rings. The number of aromatic nitrogens is 3. The van der Waals surface area contributed by atoms with Crippen molar-refractivity contribution in [2.75, 3.05) is 0 Å². The third-order valence-corrected chi connectivity index (χ3v) is 8.82. The lowest BCUT2D eigenvalue weighted by Crippen LogP contribution is -2.52. The zero-order valence-corrected chi connectivity index (χ0v) is 22.9. The summed E-state index contributed by atoms with van der Waals surface area (Å²) in [6.45, 7) is 4.54. The third kappa shape index (κ3) is 4.97. The van der Waals surface area contributed by atoms with Crippen molar-refractivity contribution >= 4 is 27.5 Å². The summed E-state index contributed by atoms with van der Waals surface area (Å²) in [4.78, 5) is 45.3. The van der Waals surface area contributed by atoms with Gasteiger partial charge in [0.05, 0.1) is 29.1 Å². The highest BCUT2D eigenvalue weighted by Crippen LogP contribution is 2.37. The first-order chi connectivity index (χ1) is 18.6. The fraction of sp³-hybridized carbons (Fsp3) is 0.429. The number of nitrogens with two attached hydrogens (primary N) is 1. The molecular weight excluding hydrogens is 520 g/mol. The van der Waals surface area contributed by atoms with Gasteiger partial charge in [-0.05, 0) is 57.6 Å². The summed E-state index contributed by atoms with van der Waals surface area (Å²) in [5, 5.41) is 10.2. The van der Waals surface area contributed by atoms with Gasteiger partial charge >= 0.3 is 11.7 Å². The molecule has 1 aliphatic carbocycles. The molecule has 0 saturated heterocycles. The number of hydrogen-bond acceptors (Lipinski definition) is 8. The molecule has 0 aliphatic heterocycles. The molecule has 0 bridgehead atoms. The lowest BCUT2D eigenvalue weighted by molar-refractivity contribution is -0.146. The lowest BCUT2D eigenvalue weighted by Gasteiger charge is -2.31. The van der Waals surface area contributed by atoms with Crippen LogP contribution in [0, 0.1) is 6.92 Å². The minimum Gasteiger partial charge on any atom is -0.480 e. The van der Waals surface area contributed by atoms with Crippen LogP contribution in [0.4, 0.5) is 0 Å². The van der Waals surface area contributed by atoms with Crippen molar-refractivity contribution in [3.05, 3.63) is 74.8 Å². The zero-order valence-electron chi connectivity index (χ0n) is 22.1. The minimum absolute atomic E-state index is 0.0319. The Morgan fingerprint density at radius 3 is 2.54 bits per heavy atom. The number of benzene rings is 1. The van der Waals surface area contributed by atoms with Crippen molar-refractivity contribution in [1.29, 1.82) is 0 Å². The number of ether oxygens (including phenoxy) is 1. The maximum absolute atomic E-state index is 14.0. The fourth-order valence-electron chi connectivity index (χ4n) is 5.15.